The standard InChI is InChI=1S/C25H28IN5O2S/c1-5-13-31-23(22(16(2)3)28-24(33)18-9-7-6-8-10-18)29-30-25(31)34-15-21(32)27-20-12-11-19(26)14-17(20)4/h5-12,14,16,22H,1,13,15H2,2-4H3,(H,27,32)(H,28,33)/t22-/m0/s1. The number of carbonyl (C=O) groups excluding carboxylic acids is 2. The minimum atomic E-state index is -0.349. The van der Waals surface area contributed by atoms with Crippen LogP contribution in [0.2, 0.25) is 0 Å². The normalized spacial score (nSPS) is 11.8. The maximum atomic E-state index is 12.8. The molecule has 0 fully saturated rings. The zero-order valence-electron chi connectivity index (χ0n) is 19.4. The van der Waals surface area contributed by atoms with Crippen LogP contribution in [0, 0.1) is 16.4 Å². The minimum absolute atomic E-state index is 0.0745. The van der Waals surface area contributed by atoms with E-state index in [1.54, 1.807) is 18.2 Å². The summed E-state index contributed by atoms with van der Waals surface area (Å²) in [4.78, 5) is 25.4. The maximum absolute atomic E-state index is 12.8. The molecule has 9 heteroatoms. The maximum Gasteiger partial charge on any atom is 0.251 e. The van der Waals surface area contributed by atoms with E-state index in [-0.39, 0.29) is 29.5 Å². The van der Waals surface area contributed by atoms with Gasteiger partial charge in [0, 0.05) is 21.4 Å². The minimum Gasteiger partial charge on any atom is -0.342 e. The van der Waals surface area contributed by atoms with E-state index >= 15 is 0 Å². The molecule has 0 aliphatic carbocycles. The second kappa shape index (κ2) is 12.2. The Labute approximate surface area is 218 Å². The number of aryl methyl sites for hydroxylation is 1. The molecule has 0 radical (unpaired) electrons. The largest absolute Gasteiger partial charge is 0.342 e. The lowest BCUT2D eigenvalue weighted by molar-refractivity contribution is -0.113. The third kappa shape index (κ3) is 6.69. The van der Waals surface area contributed by atoms with Crippen molar-refractivity contribution >= 4 is 51.9 Å². The van der Waals surface area contributed by atoms with Crippen LogP contribution in [0.5, 0.6) is 0 Å². The van der Waals surface area contributed by atoms with Crippen molar-refractivity contribution < 1.29 is 9.59 Å². The first-order chi connectivity index (χ1) is 16.3. The smallest absolute Gasteiger partial charge is 0.251 e. The Morgan fingerprint density at radius 1 is 1.18 bits per heavy atom. The molecule has 34 heavy (non-hydrogen) atoms. The lowest BCUT2D eigenvalue weighted by Gasteiger charge is -2.22. The van der Waals surface area contributed by atoms with Crippen molar-refractivity contribution in [3.8, 4) is 0 Å². The van der Waals surface area contributed by atoms with E-state index in [1.165, 1.54) is 11.8 Å². The van der Waals surface area contributed by atoms with Crippen molar-refractivity contribution in [2.45, 2.75) is 38.5 Å². The van der Waals surface area contributed by atoms with Gasteiger partial charge in [-0.25, -0.2) is 0 Å². The molecule has 2 N–H and O–H groups in total. The number of aromatic nitrogens is 3. The molecule has 2 aromatic carbocycles. The van der Waals surface area contributed by atoms with E-state index in [0.717, 1.165) is 14.8 Å². The molecule has 0 unspecified atom stereocenters. The second-order valence-electron chi connectivity index (χ2n) is 8.10. The van der Waals surface area contributed by atoms with Gasteiger partial charge in [0.2, 0.25) is 5.91 Å². The molecule has 0 aliphatic rings. The van der Waals surface area contributed by atoms with Crippen LogP contribution in [-0.4, -0.2) is 32.3 Å². The highest BCUT2D eigenvalue weighted by molar-refractivity contribution is 14.1. The summed E-state index contributed by atoms with van der Waals surface area (Å²) in [6, 6.07) is 14.6. The molecule has 7 nitrogen and oxygen atoms in total. The predicted molar refractivity (Wildman–Crippen MR) is 145 cm³/mol. The van der Waals surface area contributed by atoms with Crippen LogP contribution >= 0.6 is 34.4 Å². The molecule has 178 valence electrons. The Bertz CT molecular complexity index is 1160. The van der Waals surface area contributed by atoms with Crippen LogP contribution in [-0.2, 0) is 11.3 Å². The third-order valence-electron chi connectivity index (χ3n) is 5.12. The van der Waals surface area contributed by atoms with Gasteiger partial charge in [0.25, 0.3) is 5.91 Å². The SMILES string of the molecule is C=CCn1c(SCC(=O)Nc2ccc(I)cc2C)nnc1[C@@H](NC(=O)c1ccccc1)C(C)C. The lowest BCUT2D eigenvalue weighted by Crippen LogP contribution is -2.33. The van der Waals surface area contributed by atoms with Gasteiger partial charge in [-0.3, -0.25) is 9.59 Å². The van der Waals surface area contributed by atoms with Crippen LogP contribution in [0.4, 0.5) is 5.69 Å². The molecule has 0 spiro atoms. The van der Waals surface area contributed by atoms with Crippen LogP contribution in [0.15, 0.2) is 66.3 Å². The number of nitrogens with zero attached hydrogens (tertiary/aromatic N) is 3. The van der Waals surface area contributed by atoms with Gasteiger partial charge < -0.3 is 15.2 Å². The molecule has 0 aliphatic heterocycles. The second-order valence-corrected chi connectivity index (χ2v) is 10.3. The van der Waals surface area contributed by atoms with Crippen molar-refractivity contribution in [1.29, 1.82) is 0 Å². The molecule has 2 amide bonds. The van der Waals surface area contributed by atoms with E-state index in [4.69, 9.17) is 0 Å². The molecule has 1 heterocycles. The molecule has 3 rings (SSSR count). The molecule has 3 aromatic rings. The molecule has 1 atom stereocenters. The molecule has 0 saturated carbocycles. The summed E-state index contributed by atoms with van der Waals surface area (Å²) in [7, 11) is 0. The van der Waals surface area contributed by atoms with Gasteiger partial charge in [-0.1, -0.05) is 49.9 Å². The number of hydrogen-bond donors (Lipinski definition) is 2. The predicted octanol–water partition coefficient (Wildman–Crippen LogP) is 5.24. The Morgan fingerprint density at radius 2 is 1.91 bits per heavy atom. The zero-order valence-corrected chi connectivity index (χ0v) is 22.4. The number of halogens is 1. The summed E-state index contributed by atoms with van der Waals surface area (Å²) < 4.78 is 3.02. The summed E-state index contributed by atoms with van der Waals surface area (Å²) in [6.07, 6.45) is 1.75. The van der Waals surface area contributed by atoms with Gasteiger partial charge >= 0.3 is 0 Å². The van der Waals surface area contributed by atoms with E-state index < -0.39 is 0 Å². The number of benzene rings is 2. The van der Waals surface area contributed by atoms with Gasteiger partial charge in [-0.15, -0.1) is 16.8 Å². The average molecular weight is 590 g/mol. The highest BCUT2D eigenvalue weighted by atomic mass is 127. The van der Waals surface area contributed by atoms with Crippen molar-refractivity contribution in [3.05, 3.63) is 81.7 Å². The van der Waals surface area contributed by atoms with Gasteiger partial charge in [-0.2, -0.15) is 0 Å². The van der Waals surface area contributed by atoms with Crippen LogP contribution in [0.25, 0.3) is 0 Å². The highest BCUT2D eigenvalue weighted by Crippen LogP contribution is 2.26. The Kier molecular flexibility index (Phi) is 9.28. The Hall–Kier alpha value is -2.66. The Morgan fingerprint density at radius 3 is 2.56 bits per heavy atom. The van der Waals surface area contributed by atoms with Gasteiger partial charge in [0.05, 0.1) is 11.8 Å². The number of thioether (sulfide) groups is 1. The molecule has 0 bridgehead atoms. The zero-order chi connectivity index (χ0) is 24.7. The number of amides is 2. The van der Waals surface area contributed by atoms with Crippen LogP contribution in [0.1, 0.15) is 41.6 Å². The van der Waals surface area contributed by atoms with Crippen molar-refractivity contribution in [1.82, 2.24) is 20.1 Å². The molecule has 0 saturated heterocycles. The first-order valence-electron chi connectivity index (χ1n) is 10.9. The number of anilines is 1. The Balaban J connectivity index is 1.74. The average Bonchev–Trinajstić information content (AvgIpc) is 3.20. The molecular weight excluding hydrogens is 561 g/mol. The summed E-state index contributed by atoms with van der Waals surface area (Å²) in [5, 5.41) is 15.3. The fraction of sp³-hybridized carbons (Fsp3) is 0.280. The number of nitrogens with one attached hydrogen (secondary N) is 2. The number of rotatable bonds is 10. The fourth-order valence-electron chi connectivity index (χ4n) is 3.36. The van der Waals surface area contributed by atoms with Crippen LogP contribution in [0.3, 0.4) is 0 Å². The first kappa shape index (κ1) is 26.0. The summed E-state index contributed by atoms with van der Waals surface area (Å²) in [5.74, 6) is 0.598. The van der Waals surface area contributed by atoms with E-state index in [9.17, 15) is 9.59 Å². The topological polar surface area (TPSA) is 88.9 Å². The third-order valence-corrected chi connectivity index (χ3v) is 6.76. The number of hydrogen-bond acceptors (Lipinski definition) is 5. The quantitative estimate of drug-likeness (QED) is 0.192. The summed E-state index contributed by atoms with van der Waals surface area (Å²) in [5.41, 5.74) is 2.39. The summed E-state index contributed by atoms with van der Waals surface area (Å²) in [6.45, 7) is 10.3. The number of carbonyl (C=O) groups is 2. The van der Waals surface area contributed by atoms with Gasteiger partial charge in [0.1, 0.15) is 0 Å². The van der Waals surface area contributed by atoms with Crippen LogP contribution < -0.4 is 10.6 Å². The fourth-order valence-corrected chi connectivity index (χ4v) is 4.77. The van der Waals surface area contributed by atoms with Crippen molar-refractivity contribution in [2.75, 3.05) is 11.1 Å². The number of allylic oxidation sites excluding steroid dienone is 1. The monoisotopic (exact) mass is 589 g/mol. The highest BCUT2D eigenvalue weighted by Gasteiger charge is 2.26. The summed E-state index contributed by atoms with van der Waals surface area (Å²) >= 11 is 3.55. The van der Waals surface area contributed by atoms with Crippen molar-refractivity contribution in [2.24, 2.45) is 5.92 Å². The molecule has 1 aromatic heterocycles. The van der Waals surface area contributed by atoms with Crippen molar-refractivity contribution in [3.63, 3.8) is 0 Å². The van der Waals surface area contributed by atoms with E-state index in [1.807, 2.05) is 61.7 Å². The molecular formula is C25H28IN5O2S. The lowest BCUT2D eigenvalue weighted by atomic mass is 10.0. The first-order valence-corrected chi connectivity index (χ1v) is 12.9. The van der Waals surface area contributed by atoms with Gasteiger partial charge in [-0.05, 0) is 71.3 Å². The van der Waals surface area contributed by atoms with E-state index in [2.05, 4.69) is 50.0 Å². The van der Waals surface area contributed by atoms with E-state index in [0.29, 0.717) is 23.1 Å². The van der Waals surface area contributed by atoms with Gasteiger partial charge in [0.15, 0.2) is 11.0 Å².